The molecule has 7 nitrogen and oxygen atoms in total. The second-order valence-electron chi connectivity index (χ2n) is 24.1. The van der Waals surface area contributed by atoms with E-state index < -0.39 is 30.7 Å². The first kappa shape index (κ1) is 55.9. The van der Waals surface area contributed by atoms with Gasteiger partial charge in [-0.2, -0.15) is 0 Å². The molecule has 1 saturated heterocycles. The van der Waals surface area contributed by atoms with Crippen molar-refractivity contribution in [3.8, 4) is 0 Å². The number of esters is 1. The van der Waals surface area contributed by atoms with Gasteiger partial charge in [0.1, 0.15) is 31.0 Å². The van der Waals surface area contributed by atoms with Gasteiger partial charge in [-0.1, -0.05) is 208 Å². The number of rotatable bonds is 32. The van der Waals surface area contributed by atoms with E-state index in [1.165, 1.54) is 166 Å². The lowest BCUT2D eigenvalue weighted by Gasteiger charge is -2.58. The van der Waals surface area contributed by atoms with Crippen LogP contribution in [-0.2, 0) is 19.0 Å². The van der Waals surface area contributed by atoms with Gasteiger partial charge in [-0.3, -0.25) is 4.79 Å². The maximum atomic E-state index is 12.7. The van der Waals surface area contributed by atoms with Gasteiger partial charge in [-0.05, 0) is 110 Å². The molecule has 4 fully saturated rings. The molecule has 3 saturated carbocycles. The molecule has 384 valence electrons. The van der Waals surface area contributed by atoms with Crippen molar-refractivity contribution < 1.29 is 34.3 Å². The smallest absolute Gasteiger partial charge is 0.305 e. The third kappa shape index (κ3) is 16.0. The van der Waals surface area contributed by atoms with Crippen LogP contribution < -0.4 is 0 Å². The largest absolute Gasteiger partial charge is 0.463 e. The first-order valence-electron chi connectivity index (χ1n) is 29.0. The molecule has 1 heterocycles. The molecule has 66 heavy (non-hydrogen) atoms. The van der Waals surface area contributed by atoms with Gasteiger partial charge in [0.05, 0.1) is 6.10 Å². The first-order chi connectivity index (χ1) is 31.8. The molecule has 14 unspecified atom stereocenters. The van der Waals surface area contributed by atoms with Crippen molar-refractivity contribution in [1.82, 2.24) is 0 Å². The standard InChI is InChI=1S/C59H106O7/c1-8-9-10-11-12-13-14-15-16-17-18-19-20-21-22-23-24-25-26-27-28-29-30-53(60)64-42-52-54(61)55(62)56(63)57(66-52)65-47-37-39-58(6)46(41-47)33-34-48-50-36-35-49(59(50,7)40-38-51(48)58)45(5)32-31-44(4)43(2)3/h33,43-45,47-52,54-57,61-63H,8-32,34-42H2,1-7H3. The molecule has 1 aliphatic heterocycles. The molecule has 7 heteroatoms. The Kier molecular flexibility index (Phi) is 24.4. The molecule has 0 bridgehead atoms. The zero-order valence-electron chi connectivity index (χ0n) is 44.1. The Hall–Kier alpha value is -0.990. The quantitative estimate of drug-likeness (QED) is 0.0351. The molecule has 0 spiro atoms. The number of ether oxygens (including phenoxy) is 3. The maximum Gasteiger partial charge on any atom is 0.305 e. The average Bonchev–Trinajstić information content (AvgIpc) is 3.66. The summed E-state index contributed by atoms with van der Waals surface area (Å²) in [6, 6.07) is 0. The van der Waals surface area contributed by atoms with Crippen molar-refractivity contribution in [3.63, 3.8) is 0 Å². The number of aliphatic hydroxyl groups excluding tert-OH is 3. The average molecular weight is 927 g/mol. The number of allylic oxidation sites excluding steroid dienone is 1. The third-order valence-corrected chi connectivity index (χ3v) is 19.2. The molecule has 0 aromatic rings. The van der Waals surface area contributed by atoms with Crippen molar-refractivity contribution in [2.24, 2.45) is 52.3 Å². The van der Waals surface area contributed by atoms with Gasteiger partial charge in [0.2, 0.25) is 0 Å². The van der Waals surface area contributed by atoms with Crippen molar-refractivity contribution in [3.05, 3.63) is 11.6 Å². The molecule has 0 aromatic carbocycles. The molecule has 0 radical (unpaired) electrons. The van der Waals surface area contributed by atoms with Crippen LogP contribution in [0.3, 0.4) is 0 Å². The van der Waals surface area contributed by atoms with Gasteiger partial charge in [0.15, 0.2) is 6.29 Å². The Morgan fingerprint density at radius 3 is 1.80 bits per heavy atom. The van der Waals surface area contributed by atoms with E-state index in [0.29, 0.717) is 17.8 Å². The fraction of sp³-hybridized carbons (Fsp3) is 0.949. The fourth-order valence-corrected chi connectivity index (χ4v) is 14.3. The van der Waals surface area contributed by atoms with Gasteiger partial charge in [-0.25, -0.2) is 0 Å². The monoisotopic (exact) mass is 927 g/mol. The number of unbranched alkanes of at least 4 members (excludes halogenated alkanes) is 21. The maximum absolute atomic E-state index is 12.7. The second-order valence-corrected chi connectivity index (χ2v) is 24.1. The molecule has 4 aliphatic carbocycles. The van der Waals surface area contributed by atoms with Crippen LogP contribution in [0.15, 0.2) is 11.6 Å². The van der Waals surface area contributed by atoms with Gasteiger partial charge in [0, 0.05) is 6.42 Å². The van der Waals surface area contributed by atoms with Crippen LogP contribution in [0.25, 0.3) is 0 Å². The lowest BCUT2D eigenvalue weighted by atomic mass is 9.47. The summed E-state index contributed by atoms with van der Waals surface area (Å²) >= 11 is 0. The SMILES string of the molecule is CCCCCCCCCCCCCCCCCCCCCCCCC(=O)OCC1OC(OC2CCC3(C)C(=CCC4C3CCC3(C)C(C(C)CCC(C)C(C)C)CCC43)C2)C(O)C(O)C1O. The highest BCUT2D eigenvalue weighted by Gasteiger charge is 2.59. The predicted molar refractivity (Wildman–Crippen MR) is 272 cm³/mol. The Balaban J connectivity index is 0.918. The van der Waals surface area contributed by atoms with E-state index in [-0.39, 0.29) is 24.1 Å². The highest BCUT2D eigenvalue weighted by Crippen LogP contribution is 2.67. The van der Waals surface area contributed by atoms with Crippen molar-refractivity contribution in [2.75, 3.05) is 6.61 Å². The molecular weight excluding hydrogens is 821 g/mol. The number of aliphatic hydroxyl groups is 3. The van der Waals surface area contributed by atoms with Crippen molar-refractivity contribution in [2.45, 2.75) is 297 Å². The van der Waals surface area contributed by atoms with Gasteiger partial charge in [-0.15, -0.1) is 0 Å². The minimum absolute atomic E-state index is 0.140. The Bertz CT molecular complexity index is 1380. The lowest BCUT2D eigenvalue weighted by Crippen LogP contribution is -2.60. The molecule has 3 N–H and O–H groups in total. The minimum Gasteiger partial charge on any atom is -0.463 e. The number of carbonyl (C=O) groups is 1. The van der Waals surface area contributed by atoms with Crippen LogP contribution in [0, 0.1) is 52.3 Å². The molecule has 0 aromatic heterocycles. The Labute approximate surface area is 406 Å². The van der Waals surface area contributed by atoms with E-state index in [2.05, 4.69) is 54.5 Å². The van der Waals surface area contributed by atoms with Crippen molar-refractivity contribution >= 4 is 5.97 Å². The number of carbonyl (C=O) groups excluding carboxylic acids is 1. The van der Waals surface area contributed by atoms with Crippen LogP contribution in [0.1, 0.15) is 260 Å². The van der Waals surface area contributed by atoms with Gasteiger partial charge >= 0.3 is 5.97 Å². The predicted octanol–water partition coefficient (Wildman–Crippen LogP) is 15.0. The van der Waals surface area contributed by atoms with Crippen LogP contribution in [-0.4, -0.2) is 64.7 Å². The summed E-state index contributed by atoms with van der Waals surface area (Å²) in [7, 11) is 0. The van der Waals surface area contributed by atoms with E-state index in [0.717, 1.165) is 80.5 Å². The summed E-state index contributed by atoms with van der Waals surface area (Å²) in [4.78, 5) is 12.7. The first-order valence-corrected chi connectivity index (χ1v) is 29.0. The summed E-state index contributed by atoms with van der Waals surface area (Å²) in [5, 5.41) is 32.6. The van der Waals surface area contributed by atoms with Gasteiger partial charge in [0.25, 0.3) is 0 Å². The van der Waals surface area contributed by atoms with E-state index in [4.69, 9.17) is 14.2 Å². The summed E-state index contributed by atoms with van der Waals surface area (Å²) in [5.74, 6) is 5.17. The Morgan fingerprint density at radius 1 is 0.682 bits per heavy atom. The second kappa shape index (κ2) is 28.8. The van der Waals surface area contributed by atoms with E-state index in [9.17, 15) is 20.1 Å². The summed E-state index contributed by atoms with van der Waals surface area (Å²) in [6.07, 6.45) is 37.9. The van der Waals surface area contributed by atoms with Crippen LogP contribution in [0.4, 0.5) is 0 Å². The van der Waals surface area contributed by atoms with Crippen LogP contribution in [0.5, 0.6) is 0 Å². The topological polar surface area (TPSA) is 105 Å². The highest BCUT2D eigenvalue weighted by molar-refractivity contribution is 5.69. The molecule has 0 amide bonds. The van der Waals surface area contributed by atoms with Crippen molar-refractivity contribution in [1.29, 1.82) is 0 Å². The highest BCUT2D eigenvalue weighted by atomic mass is 16.7. The summed E-state index contributed by atoms with van der Waals surface area (Å²) in [6.45, 7) is 17.1. The molecule has 5 rings (SSSR count). The van der Waals surface area contributed by atoms with E-state index in [1.807, 2.05) is 0 Å². The number of hydrogen-bond acceptors (Lipinski definition) is 7. The van der Waals surface area contributed by atoms with Crippen LogP contribution >= 0.6 is 0 Å². The Morgan fingerprint density at radius 2 is 1.24 bits per heavy atom. The zero-order valence-corrected chi connectivity index (χ0v) is 44.1. The number of hydrogen-bond donors (Lipinski definition) is 3. The normalized spacial score (nSPS) is 34.1. The summed E-state index contributed by atoms with van der Waals surface area (Å²) in [5.41, 5.74) is 2.13. The van der Waals surface area contributed by atoms with E-state index >= 15 is 0 Å². The van der Waals surface area contributed by atoms with Crippen LogP contribution in [0.2, 0.25) is 0 Å². The molecule has 14 atom stereocenters. The molecular formula is C59H106O7. The van der Waals surface area contributed by atoms with Gasteiger partial charge < -0.3 is 29.5 Å². The third-order valence-electron chi connectivity index (χ3n) is 19.2. The summed E-state index contributed by atoms with van der Waals surface area (Å²) < 4.78 is 18.1. The molecule has 5 aliphatic rings. The van der Waals surface area contributed by atoms with E-state index in [1.54, 1.807) is 0 Å². The number of fused-ring (bicyclic) bond motifs is 5. The lowest BCUT2D eigenvalue weighted by molar-refractivity contribution is -0.313. The minimum atomic E-state index is -1.44. The zero-order chi connectivity index (χ0) is 47.5. The fourth-order valence-electron chi connectivity index (χ4n) is 14.3.